The highest BCUT2D eigenvalue weighted by molar-refractivity contribution is 5.78. The summed E-state index contributed by atoms with van der Waals surface area (Å²) in [4.78, 5) is 14.5. The van der Waals surface area contributed by atoms with Crippen LogP contribution in [0.3, 0.4) is 0 Å². The molecule has 1 amide bonds. The Bertz CT molecular complexity index is 324. The van der Waals surface area contributed by atoms with Crippen LogP contribution in [0.5, 0.6) is 0 Å². The summed E-state index contributed by atoms with van der Waals surface area (Å²) in [5.74, 6) is 0.937. The van der Waals surface area contributed by atoms with Crippen molar-refractivity contribution in [1.82, 2.24) is 15.5 Å². The molecule has 0 aromatic carbocycles. The Hall–Kier alpha value is -0.610. The van der Waals surface area contributed by atoms with Crippen LogP contribution < -0.4 is 10.6 Å². The average Bonchev–Trinajstić information content (AvgIpc) is 3.20. The third-order valence-corrected chi connectivity index (χ3v) is 5.07. The second kappa shape index (κ2) is 6.90. The zero-order chi connectivity index (χ0) is 13.8. The predicted molar refractivity (Wildman–Crippen MR) is 80.6 cm³/mol. The van der Waals surface area contributed by atoms with E-state index in [1.165, 1.54) is 64.5 Å². The molecule has 3 rings (SSSR count). The molecule has 2 saturated carbocycles. The molecule has 1 heterocycles. The molecular weight excluding hydrogens is 250 g/mol. The van der Waals surface area contributed by atoms with Gasteiger partial charge in [0.1, 0.15) is 0 Å². The monoisotopic (exact) mass is 279 g/mol. The highest BCUT2D eigenvalue weighted by Gasteiger charge is 2.34. The summed E-state index contributed by atoms with van der Waals surface area (Å²) < 4.78 is 0. The van der Waals surface area contributed by atoms with Crippen molar-refractivity contribution in [2.45, 2.75) is 63.5 Å². The summed E-state index contributed by atoms with van der Waals surface area (Å²) in [6.07, 6.45) is 10.3. The molecule has 0 aromatic heterocycles. The predicted octanol–water partition coefficient (Wildman–Crippen LogP) is 1.51. The van der Waals surface area contributed by atoms with E-state index in [-0.39, 0.29) is 5.91 Å². The number of rotatable bonds is 6. The largest absolute Gasteiger partial charge is 0.352 e. The molecule has 20 heavy (non-hydrogen) atoms. The number of nitrogens with zero attached hydrogens (tertiary/aromatic N) is 1. The van der Waals surface area contributed by atoms with E-state index < -0.39 is 0 Å². The standard InChI is InChI=1S/C16H29N3O/c20-16(18-14-4-2-1-3-5-14)11-17-10-13-8-9-19(12-13)15-6-7-15/h13-15,17H,1-12H2,(H,18,20). The first-order valence-electron chi connectivity index (χ1n) is 8.55. The first kappa shape index (κ1) is 14.3. The van der Waals surface area contributed by atoms with Crippen LogP contribution in [-0.4, -0.2) is 49.1 Å². The average molecular weight is 279 g/mol. The lowest BCUT2D eigenvalue weighted by molar-refractivity contribution is -0.121. The van der Waals surface area contributed by atoms with E-state index in [1.54, 1.807) is 0 Å². The normalized spacial score (nSPS) is 28.7. The lowest BCUT2D eigenvalue weighted by atomic mass is 9.95. The number of likely N-dealkylation sites (tertiary alicyclic amines) is 1. The van der Waals surface area contributed by atoms with E-state index in [0.29, 0.717) is 12.6 Å². The van der Waals surface area contributed by atoms with E-state index >= 15 is 0 Å². The van der Waals surface area contributed by atoms with Gasteiger partial charge in [0.15, 0.2) is 0 Å². The number of nitrogens with one attached hydrogen (secondary N) is 2. The Kier molecular flexibility index (Phi) is 4.94. The summed E-state index contributed by atoms with van der Waals surface area (Å²) in [6, 6.07) is 1.34. The zero-order valence-electron chi connectivity index (χ0n) is 12.6. The lowest BCUT2D eigenvalue weighted by Gasteiger charge is -2.23. The number of carbonyl (C=O) groups excluding carboxylic acids is 1. The molecule has 4 nitrogen and oxygen atoms in total. The summed E-state index contributed by atoms with van der Waals surface area (Å²) >= 11 is 0. The second-order valence-electron chi connectivity index (χ2n) is 6.91. The molecule has 1 saturated heterocycles. The highest BCUT2D eigenvalue weighted by Crippen LogP contribution is 2.31. The van der Waals surface area contributed by atoms with Crippen molar-refractivity contribution in [3.05, 3.63) is 0 Å². The Morgan fingerprint density at radius 2 is 1.85 bits per heavy atom. The molecule has 4 heteroatoms. The van der Waals surface area contributed by atoms with Crippen molar-refractivity contribution in [2.24, 2.45) is 5.92 Å². The van der Waals surface area contributed by atoms with Crippen LogP contribution in [-0.2, 0) is 4.79 Å². The van der Waals surface area contributed by atoms with Gasteiger partial charge in [0.05, 0.1) is 6.54 Å². The highest BCUT2D eigenvalue weighted by atomic mass is 16.1. The van der Waals surface area contributed by atoms with Gasteiger partial charge in [0.25, 0.3) is 0 Å². The van der Waals surface area contributed by atoms with E-state index in [0.717, 1.165) is 18.5 Å². The molecule has 0 spiro atoms. The van der Waals surface area contributed by atoms with Crippen molar-refractivity contribution in [3.8, 4) is 0 Å². The topological polar surface area (TPSA) is 44.4 Å². The Labute approximate surface area is 122 Å². The first-order chi connectivity index (χ1) is 9.81. The van der Waals surface area contributed by atoms with Gasteiger partial charge in [-0.15, -0.1) is 0 Å². The fourth-order valence-electron chi connectivity index (χ4n) is 3.72. The molecule has 3 fully saturated rings. The van der Waals surface area contributed by atoms with Gasteiger partial charge in [0, 0.05) is 18.6 Å². The Morgan fingerprint density at radius 1 is 1.05 bits per heavy atom. The third kappa shape index (κ3) is 4.19. The van der Waals surface area contributed by atoms with Gasteiger partial charge in [-0.3, -0.25) is 4.79 Å². The minimum absolute atomic E-state index is 0.189. The van der Waals surface area contributed by atoms with Crippen molar-refractivity contribution in [2.75, 3.05) is 26.2 Å². The number of carbonyl (C=O) groups is 1. The quantitative estimate of drug-likeness (QED) is 0.774. The van der Waals surface area contributed by atoms with Crippen LogP contribution in [0.25, 0.3) is 0 Å². The van der Waals surface area contributed by atoms with Crippen molar-refractivity contribution >= 4 is 5.91 Å². The van der Waals surface area contributed by atoms with E-state index in [4.69, 9.17) is 0 Å². The summed E-state index contributed by atoms with van der Waals surface area (Å²) in [6.45, 7) is 4.00. The number of amides is 1. The smallest absolute Gasteiger partial charge is 0.234 e. The van der Waals surface area contributed by atoms with E-state index in [9.17, 15) is 4.79 Å². The minimum atomic E-state index is 0.189. The Balaban J connectivity index is 1.26. The van der Waals surface area contributed by atoms with E-state index in [2.05, 4.69) is 15.5 Å². The van der Waals surface area contributed by atoms with Crippen LogP contribution >= 0.6 is 0 Å². The summed E-state index contributed by atoms with van der Waals surface area (Å²) in [7, 11) is 0. The van der Waals surface area contributed by atoms with Crippen molar-refractivity contribution in [3.63, 3.8) is 0 Å². The zero-order valence-corrected chi connectivity index (χ0v) is 12.6. The van der Waals surface area contributed by atoms with E-state index in [1.807, 2.05) is 0 Å². The molecule has 3 aliphatic rings. The number of hydrogen-bond acceptors (Lipinski definition) is 3. The molecule has 1 atom stereocenters. The third-order valence-electron chi connectivity index (χ3n) is 5.07. The van der Waals surface area contributed by atoms with Gasteiger partial charge in [0.2, 0.25) is 5.91 Å². The molecule has 0 radical (unpaired) electrons. The van der Waals surface area contributed by atoms with Crippen LogP contribution in [0.15, 0.2) is 0 Å². The SMILES string of the molecule is O=C(CNCC1CCN(C2CC2)C1)NC1CCCCC1. The maximum absolute atomic E-state index is 11.9. The van der Waals surface area contributed by atoms with Crippen LogP contribution in [0.4, 0.5) is 0 Å². The van der Waals surface area contributed by atoms with Gasteiger partial charge >= 0.3 is 0 Å². The molecular formula is C16H29N3O. The molecule has 1 unspecified atom stereocenters. The van der Waals surface area contributed by atoms with Gasteiger partial charge in [-0.05, 0) is 51.1 Å². The van der Waals surface area contributed by atoms with Crippen LogP contribution in [0.1, 0.15) is 51.4 Å². The molecule has 2 N–H and O–H groups in total. The molecule has 0 bridgehead atoms. The molecule has 0 aromatic rings. The van der Waals surface area contributed by atoms with Gasteiger partial charge < -0.3 is 15.5 Å². The second-order valence-corrected chi connectivity index (χ2v) is 6.91. The molecule has 114 valence electrons. The number of hydrogen-bond donors (Lipinski definition) is 2. The Morgan fingerprint density at radius 3 is 2.60 bits per heavy atom. The first-order valence-corrected chi connectivity index (χ1v) is 8.55. The minimum Gasteiger partial charge on any atom is -0.352 e. The fraction of sp³-hybridized carbons (Fsp3) is 0.938. The van der Waals surface area contributed by atoms with Gasteiger partial charge in [-0.1, -0.05) is 19.3 Å². The molecule has 1 aliphatic heterocycles. The van der Waals surface area contributed by atoms with Crippen molar-refractivity contribution in [1.29, 1.82) is 0 Å². The lowest BCUT2D eigenvalue weighted by Crippen LogP contribution is -2.42. The summed E-state index contributed by atoms with van der Waals surface area (Å²) in [5, 5.41) is 6.53. The fourth-order valence-corrected chi connectivity index (χ4v) is 3.72. The maximum Gasteiger partial charge on any atom is 0.234 e. The maximum atomic E-state index is 11.9. The van der Waals surface area contributed by atoms with Gasteiger partial charge in [-0.25, -0.2) is 0 Å². The van der Waals surface area contributed by atoms with Crippen LogP contribution in [0.2, 0.25) is 0 Å². The van der Waals surface area contributed by atoms with Crippen LogP contribution in [0, 0.1) is 5.92 Å². The molecule has 2 aliphatic carbocycles. The summed E-state index contributed by atoms with van der Waals surface area (Å²) in [5.41, 5.74) is 0. The van der Waals surface area contributed by atoms with Crippen molar-refractivity contribution < 1.29 is 4.79 Å². The van der Waals surface area contributed by atoms with Gasteiger partial charge in [-0.2, -0.15) is 0 Å².